The molecule has 0 aliphatic carbocycles. The van der Waals surface area contributed by atoms with Gasteiger partial charge >= 0.3 is 0 Å². The first-order valence-corrected chi connectivity index (χ1v) is 9.12. The maximum absolute atomic E-state index is 12.6. The highest BCUT2D eigenvalue weighted by atomic mass is 16.2. The molecule has 1 fully saturated rings. The summed E-state index contributed by atoms with van der Waals surface area (Å²) >= 11 is 0. The number of hydrogen-bond acceptors (Lipinski definition) is 4. The molecule has 5 nitrogen and oxygen atoms in total. The van der Waals surface area contributed by atoms with Crippen LogP contribution < -0.4 is 5.32 Å². The van der Waals surface area contributed by atoms with Crippen LogP contribution >= 0.6 is 0 Å². The number of carbonyl (C=O) groups is 1. The summed E-state index contributed by atoms with van der Waals surface area (Å²) in [5, 5.41) is 3.23. The number of nitrogens with zero attached hydrogens (tertiary/aromatic N) is 3. The molecule has 0 unspecified atom stereocenters. The fourth-order valence-electron chi connectivity index (χ4n) is 3.07. The van der Waals surface area contributed by atoms with Crippen molar-refractivity contribution in [1.82, 2.24) is 14.9 Å². The number of benzene rings is 1. The molecular weight excluding hydrogens is 312 g/mol. The largest absolute Gasteiger partial charge is 0.354 e. The van der Waals surface area contributed by atoms with Crippen molar-refractivity contribution in [2.75, 3.05) is 25.0 Å². The van der Waals surface area contributed by atoms with E-state index in [2.05, 4.69) is 46.5 Å². The van der Waals surface area contributed by atoms with E-state index < -0.39 is 0 Å². The summed E-state index contributed by atoms with van der Waals surface area (Å²) in [6, 6.07) is 12.1. The standard InChI is InChI=1S/C20H26N4O/c1-16-10-14-24(15-11-16)19(25)18-9-13-22-20(23-18)21-12-5-8-17-6-3-2-4-7-17/h2-4,6-7,9,13,16H,5,8,10-12,14-15H2,1H3,(H,21,22,23). The van der Waals surface area contributed by atoms with Crippen LogP contribution in [0.25, 0.3) is 0 Å². The molecule has 1 aliphatic heterocycles. The third-order valence-electron chi connectivity index (χ3n) is 4.71. The minimum Gasteiger partial charge on any atom is -0.354 e. The Morgan fingerprint density at radius 2 is 1.96 bits per heavy atom. The lowest BCUT2D eigenvalue weighted by molar-refractivity contribution is 0.0691. The molecule has 0 saturated carbocycles. The minimum absolute atomic E-state index is 0.0154. The van der Waals surface area contributed by atoms with Gasteiger partial charge in [-0.15, -0.1) is 0 Å². The number of piperidine rings is 1. The second kappa shape index (κ2) is 8.60. The molecule has 0 atom stereocenters. The zero-order chi connectivity index (χ0) is 17.5. The van der Waals surface area contributed by atoms with E-state index >= 15 is 0 Å². The average Bonchev–Trinajstić information content (AvgIpc) is 2.66. The average molecular weight is 338 g/mol. The molecule has 1 aliphatic rings. The van der Waals surface area contributed by atoms with Gasteiger partial charge in [0.05, 0.1) is 0 Å². The van der Waals surface area contributed by atoms with Gasteiger partial charge in [-0.1, -0.05) is 37.3 Å². The summed E-state index contributed by atoms with van der Waals surface area (Å²) in [6.45, 7) is 4.67. The topological polar surface area (TPSA) is 58.1 Å². The summed E-state index contributed by atoms with van der Waals surface area (Å²) in [7, 11) is 0. The van der Waals surface area contributed by atoms with E-state index in [-0.39, 0.29) is 5.91 Å². The Bertz CT molecular complexity index is 681. The van der Waals surface area contributed by atoms with Crippen molar-refractivity contribution >= 4 is 11.9 Å². The lowest BCUT2D eigenvalue weighted by Gasteiger charge is -2.30. The molecule has 132 valence electrons. The van der Waals surface area contributed by atoms with E-state index in [0.717, 1.165) is 45.3 Å². The van der Waals surface area contributed by atoms with E-state index in [1.807, 2.05) is 11.0 Å². The highest BCUT2D eigenvalue weighted by Crippen LogP contribution is 2.17. The monoisotopic (exact) mass is 338 g/mol. The van der Waals surface area contributed by atoms with Gasteiger partial charge in [0.15, 0.2) is 0 Å². The lowest BCUT2D eigenvalue weighted by atomic mass is 9.99. The summed E-state index contributed by atoms with van der Waals surface area (Å²) in [6.07, 6.45) is 5.81. The Morgan fingerprint density at radius 3 is 2.72 bits per heavy atom. The molecular formula is C20H26N4O. The molecule has 25 heavy (non-hydrogen) atoms. The summed E-state index contributed by atoms with van der Waals surface area (Å²) in [4.78, 5) is 23.1. The van der Waals surface area contributed by atoms with E-state index in [0.29, 0.717) is 17.6 Å². The fraction of sp³-hybridized carbons (Fsp3) is 0.450. The number of hydrogen-bond donors (Lipinski definition) is 1. The van der Waals surface area contributed by atoms with E-state index in [1.165, 1.54) is 5.56 Å². The van der Waals surface area contributed by atoms with Gasteiger partial charge in [0.25, 0.3) is 5.91 Å². The quantitative estimate of drug-likeness (QED) is 0.820. The Hall–Kier alpha value is -2.43. The normalized spacial score (nSPS) is 15.2. The molecule has 2 heterocycles. The van der Waals surface area contributed by atoms with Crippen molar-refractivity contribution in [1.29, 1.82) is 0 Å². The van der Waals surface area contributed by atoms with Crippen LogP contribution in [0.5, 0.6) is 0 Å². The van der Waals surface area contributed by atoms with Crippen LogP contribution in [0.2, 0.25) is 0 Å². The third-order valence-corrected chi connectivity index (χ3v) is 4.71. The molecule has 1 aromatic heterocycles. The summed E-state index contributed by atoms with van der Waals surface area (Å²) in [5.41, 5.74) is 1.81. The number of anilines is 1. The number of aromatic nitrogens is 2. The third kappa shape index (κ3) is 5.02. The Labute approximate surface area is 149 Å². The smallest absolute Gasteiger partial charge is 0.272 e. The van der Waals surface area contributed by atoms with Gasteiger partial charge in [-0.3, -0.25) is 4.79 Å². The zero-order valence-electron chi connectivity index (χ0n) is 14.8. The van der Waals surface area contributed by atoms with Gasteiger partial charge in [-0.25, -0.2) is 9.97 Å². The first-order chi connectivity index (χ1) is 12.2. The van der Waals surface area contributed by atoms with Crippen LogP contribution in [0, 0.1) is 5.92 Å². The van der Waals surface area contributed by atoms with Gasteiger partial charge in [0, 0.05) is 25.8 Å². The van der Waals surface area contributed by atoms with E-state index in [4.69, 9.17) is 0 Å². The molecule has 0 bridgehead atoms. The van der Waals surface area contributed by atoms with Gasteiger partial charge in [0.2, 0.25) is 5.95 Å². The van der Waals surface area contributed by atoms with E-state index in [9.17, 15) is 4.79 Å². The van der Waals surface area contributed by atoms with Crippen molar-refractivity contribution in [3.05, 3.63) is 53.9 Å². The zero-order valence-corrected chi connectivity index (χ0v) is 14.8. The molecule has 1 saturated heterocycles. The molecule has 1 N–H and O–H groups in total. The predicted octanol–water partition coefficient (Wildman–Crippen LogP) is 3.39. The maximum Gasteiger partial charge on any atom is 0.272 e. The minimum atomic E-state index is 0.0154. The molecule has 1 amide bonds. The molecule has 2 aromatic rings. The van der Waals surface area contributed by atoms with Crippen LogP contribution in [0.1, 0.15) is 42.2 Å². The number of likely N-dealkylation sites (tertiary alicyclic amines) is 1. The fourth-order valence-corrected chi connectivity index (χ4v) is 3.07. The van der Waals surface area contributed by atoms with Gasteiger partial charge < -0.3 is 10.2 Å². The van der Waals surface area contributed by atoms with Gasteiger partial charge in [0.1, 0.15) is 5.69 Å². The SMILES string of the molecule is CC1CCN(C(=O)c2ccnc(NCCCc3ccccc3)n2)CC1. The van der Waals surface area contributed by atoms with Crippen LogP contribution in [0.15, 0.2) is 42.6 Å². The summed E-state index contributed by atoms with van der Waals surface area (Å²) in [5.74, 6) is 1.25. The number of amides is 1. The number of aryl methyl sites for hydroxylation is 1. The Kier molecular flexibility index (Phi) is 5.99. The highest BCUT2D eigenvalue weighted by molar-refractivity contribution is 5.92. The Balaban J connectivity index is 1.50. The first kappa shape index (κ1) is 17.4. The van der Waals surface area contributed by atoms with Crippen molar-refractivity contribution in [3.8, 4) is 0 Å². The highest BCUT2D eigenvalue weighted by Gasteiger charge is 2.22. The van der Waals surface area contributed by atoms with Crippen LogP contribution in [0.3, 0.4) is 0 Å². The lowest BCUT2D eigenvalue weighted by Crippen LogP contribution is -2.38. The molecule has 0 radical (unpaired) electrons. The first-order valence-electron chi connectivity index (χ1n) is 9.12. The number of nitrogens with one attached hydrogen (secondary N) is 1. The van der Waals surface area contributed by atoms with Crippen molar-refractivity contribution in [2.45, 2.75) is 32.6 Å². The molecule has 3 rings (SSSR count). The van der Waals surface area contributed by atoms with Crippen LogP contribution in [-0.4, -0.2) is 40.4 Å². The Morgan fingerprint density at radius 1 is 1.20 bits per heavy atom. The summed E-state index contributed by atoms with van der Waals surface area (Å²) < 4.78 is 0. The van der Waals surface area contributed by atoms with Gasteiger partial charge in [-0.05, 0) is 43.2 Å². The molecule has 1 aromatic carbocycles. The second-order valence-electron chi connectivity index (χ2n) is 6.76. The van der Waals surface area contributed by atoms with Crippen LogP contribution in [-0.2, 0) is 6.42 Å². The molecule has 5 heteroatoms. The maximum atomic E-state index is 12.6. The number of carbonyl (C=O) groups excluding carboxylic acids is 1. The molecule has 0 spiro atoms. The van der Waals surface area contributed by atoms with Crippen molar-refractivity contribution in [2.24, 2.45) is 5.92 Å². The second-order valence-corrected chi connectivity index (χ2v) is 6.76. The van der Waals surface area contributed by atoms with Crippen molar-refractivity contribution < 1.29 is 4.79 Å². The van der Waals surface area contributed by atoms with E-state index in [1.54, 1.807) is 12.3 Å². The van der Waals surface area contributed by atoms with Crippen molar-refractivity contribution in [3.63, 3.8) is 0 Å². The van der Waals surface area contributed by atoms with Gasteiger partial charge in [-0.2, -0.15) is 0 Å². The van der Waals surface area contributed by atoms with Crippen LogP contribution in [0.4, 0.5) is 5.95 Å². The predicted molar refractivity (Wildman–Crippen MR) is 99.6 cm³/mol. The number of rotatable bonds is 6.